The topological polar surface area (TPSA) is 48.1 Å². The van der Waals surface area contributed by atoms with Gasteiger partial charge >= 0.3 is 0 Å². The molecule has 0 saturated heterocycles. The van der Waals surface area contributed by atoms with Crippen LogP contribution in [-0.4, -0.2) is 40.3 Å². The zero-order valence-electron chi connectivity index (χ0n) is 11.6. The first-order valence-corrected chi connectivity index (χ1v) is 6.65. The summed E-state index contributed by atoms with van der Waals surface area (Å²) in [4.78, 5) is 0. The molecular weight excluding hydrogens is 224 g/mol. The van der Waals surface area contributed by atoms with Crippen LogP contribution in [0.15, 0.2) is 24.3 Å². The second-order valence-corrected chi connectivity index (χ2v) is 4.38. The van der Waals surface area contributed by atoms with Crippen molar-refractivity contribution < 1.29 is 0 Å². The minimum atomic E-state index is 0.937. The smallest absolute Gasteiger partial charge is 0.0206 e. The maximum Gasteiger partial charge on any atom is 0.0206 e. The van der Waals surface area contributed by atoms with Crippen LogP contribution in [0, 0.1) is 0 Å². The van der Waals surface area contributed by atoms with Gasteiger partial charge in [-0.25, -0.2) is 0 Å². The summed E-state index contributed by atoms with van der Waals surface area (Å²) in [6.45, 7) is 5.89. The molecule has 4 heteroatoms. The lowest BCUT2D eigenvalue weighted by molar-refractivity contribution is 0.643. The lowest BCUT2D eigenvalue weighted by Gasteiger charge is -2.08. The van der Waals surface area contributed by atoms with E-state index >= 15 is 0 Å². The van der Waals surface area contributed by atoms with Crippen LogP contribution in [-0.2, 0) is 13.1 Å². The van der Waals surface area contributed by atoms with Crippen LogP contribution in [0.3, 0.4) is 0 Å². The third kappa shape index (κ3) is 6.71. The predicted molar refractivity (Wildman–Crippen MR) is 77.7 cm³/mol. The van der Waals surface area contributed by atoms with Crippen molar-refractivity contribution in [2.45, 2.75) is 13.1 Å². The molecule has 0 saturated carbocycles. The molecule has 4 N–H and O–H groups in total. The minimum absolute atomic E-state index is 0.937. The van der Waals surface area contributed by atoms with Gasteiger partial charge in [-0.1, -0.05) is 24.3 Å². The molecule has 0 unspecified atom stereocenters. The largest absolute Gasteiger partial charge is 0.318 e. The SMILES string of the molecule is CNCCNCc1cccc(CNCCNC)c1. The zero-order valence-corrected chi connectivity index (χ0v) is 11.6. The molecule has 0 bridgehead atoms. The Labute approximate surface area is 111 Å². The third-order valence-electron chi connectivity index (χ3n) is 2.75. The maximum absolute atomic E-state index is 3.41. The van der Waals surface area contributed by atoms with Crippen molar-refractivity contribution in [1.29, 1.82) is 0 Å². The predicted octanol–water partition coefficient (Wildman–Crippen LogP) is 0.305. The minimum Gasteiger partial charge on any atom is -0.318 e. The summed E-state index contributed by atoms with van der Waals surface area (Å²) in [7, 11) is 3.94. The number of benzene rings is 1. The highest BCUT2D eigenvalue weighted by atomic mass is 14.9. The fourth-order valence-corrected chi connectivity index (χ4v) is 1.74. The Balaban J connectivity index is 2.27. The molecule has 0 aliphatic heterocycles. The van der Waals surface area contributed by atoms with Crippen LogP contribution < -0.4 is 21.3 Å². The number of hydrogen-bond acceptors (Lipinski definition) is 4. The summed E-state index contributed by atoms with van der Waals surface area (Å²) in [5.74, 6) is 0. The van der Waals surface area contributed by atoms with Gasteiger partial charge in [-0.2, -0.15) is 0 Å². The van der Waals surface area contributed by atoms with Crippen LogP contribution >= 0.6 is 0 Å². The van der Waals surface area contributed by atoms with Crippen LogP contribution in [0.25, 0.3) is 0 Å². The molecule has 4 nitrogen and oxygen atoms in total. The molecule has 0 aromatic heterocycles. The summed E-state index contributed by atoms with van der Waals surface area (Å²) in [6.07, 6.45) is 0. The molecule has 0 fully saturated rings. The van der Waals surface area contributed by atoms with Crippen LogP contribution in [0.5, 0.6) is 0 Å². The van der Waals surface area contributed by atoms with E-state index in [0.29, 0.717) is 0 Å². The number of hydrogen-bond donors (Lipinski definition) is 4. The average molecular weight is 250 g/mol. The van der Waals surface area contributed by atoms with Crippen molar-refractivity contribution in [3.63, 3.8) is 0 Å². The van der Waals surface area contributed by atoms with E-state index in [4.69, 9.17) is 0 Å². The molecule has 0 aliphatic rings. The quantitative estimate of drug-likeness (QED) is 0.451. The van der Waals surface area contributed by atoms with E-state index in [9.17, 15) is 0 Å². The zero-order chi connectivity index (χ0) is 13.1. The summed E-state index contributed by atoms with van der Waals surface area (Å²) in [5.41, 5.74) is 2.69. The molecule has 0 heterocycles. The first kappa shape index (κ1) is 15.1. The Bertz CT molecular complexity index is 287. The van der Waals surface area contributed by atoms with E-state index in [1.807, 2.05) is 14.1 Å². The molecular formula is C14H26N4. The first-order chi connectivity index (χ1) is 8.86. The van der Waals surface area contributed by atoms with Crippen molar-refractivity contribution in [1.82, 2.24) is 21.3 Å². The van der Waals surface area contributed by atoms with Gasteiger partial charge in [-0.05, 0) is 25.2 Å². The Morgan fingerprint density at radius 2 is 1.28 bits per heavy atom. The van der Waals surface area contributed by atoms with Crippen molar-refractivity contribution in [2.75, 3.05) is 40.3 Å². The van der Waals surface area contributed by atoms with E-state index in [2.05, 4.69) is 45.5 Å². The van der Waals surface area contributed by atoms with Gasteiger partial charge in [-0.15, -0.1) is 0 Å². The lowest BCUT2D eigenvalue weighted by atomic mass is 10.1. The lowest BCUT2D eigenvalue weighted by Crippen LogP contribution is -2.25. The second-order valence-electron chi connectivity index (χ2n) is 4.38. The number of nitrogens with one attached hydrogen (secondary N) is 4. The van der Waals surface area contributed by atoms with Gasteiger partial charge in [0.15, 0.2) is 0 Å². The Morgan fingerprint density at radius 3 is 1.72 bits per heavy atom. The van der Waals surface area contributed by atoms with Crippen LogP contribution in [0.4, 0.5) is 0 Å². The standard InChI is InChI=1S/C14H26N4/c1-15-6-8-17-11-13-4-3-5-14(10-13)12-18-9-7-16-2/h3-5,10,15-18H,6-9,11-12H2,1-2H3. The van der Waals surface area contributed by atoms with E-state index in [0.717, 1.165) is 39.3 Å². The van der Waals surface area contributed by atoms with Crippen molar-refractivity contribution in [3.8, 4) is 0 Å². The van der Waals surface area contributed by atoms with Gasteiger partial charge in [0, 0.05) is 39.3 Å². The third-order valence-corrected chi connectivity index (χ3v) is 2.75. The van der Waals surface area contributed by atoms with Crippen molar-refractivity contribution >= 4 is 0 Å². The molecule has 0 radical (unpaired) electrons. The van der Waals surface area contributed by atoms with Gasteiger partial charge in [0.25, 0.3) is 0 Å². The van der Waals surface area contributed by atoms with Crippen LogP contribution in [0.2, 0.25) is 0 Å². The number of likely N-dealkylation sites (N-methyl/N-ethyl adjacent to an activating group) is 2. The Hall–Kier alpha value is -0.940. The molecule has 1 aromatic rings. The molecule has 0 aliphatic carbocycles. The fraction of sp³-hybridized carbons (Fsp3) is 0.571. The number of rotatable bonds is 10. The second kappa shape index (κ2) is 10.0. The summed E-state index contributed by atoms with van der Waals surface area (Å²) >= 11 is 0. The molecule has 0 atom stereocenters. The van der Waals surface area contributed by atoms with Gasteiger partial charge in [0.2, 0.25) is 0 Å². The van der Waals surface area contributed by atoms with E-state index in [1.54, 1.807) is 0 Å². The summed E-state index contributed by atoms with van der Waals surface area (Å²) < 4.78 is 0. The normalized spacial score (nSPS) is 10.8. The van der Waals surface area contributed by atoms with Crippen LogP contribution in [0.1, 0.15) is 11.1 Å². The van der Waals surface area contributed by atoms with Gasteiger partial charge in [0.05, 0.1) is 0 Å². The van der Waals surface area contributed by atoms with Crippen molar-refractivity contribution in [3.05, 3.63) is 35.4 Å². The Morgan fingerprint density at radius 1 is 0.778 bits per heavy atom. The molecule has 0 spiro atoms. The highest BCUT2D eigenvalue weighted by Crippen LogP contribution is 2.04. The molecule has 0 amide bonds. The summed E-state index contributed by atoms with van der Waals surface area (Å²) in [5, 5.41) is 13.1. The monoisotopic (exact) mass is 250 g/mol. The fourth-order valence-electron chi connectivity index (χ4n) is 1.74. The highest BCUT2D eigenvalue weighted by molar-refractivity contribution is 5.23. The maximum atomic E-state index is 3.41. The molecule has 1 rings (SSSR count). The van der Waals surface area contributed by atoms with Gasteiger partial charge < -0.3 is 21.3 Å². The summed E-state index contributed by atoms with van der Waals surface area (Å²) in [6, 6.07) is 8.73. The molecule has 18 heavy (non-hydrogen) atoms. The van der Waals surface area contributed by atoms with Crippen molar-refractivity contribution in [2.24, 2.45) is 0 Å². The van der Waals surface area contributed by atoms with Gasteiger partial charge in [0.1, 0.15) is 0 Å². The van der Waals surface area contributed by atoms with E-state index < -0.39 is 0 Å². The average Bonchev–Trinajstić information content (AvgIpc) is 2.40. The van der Waals surface area contributed by atoms with E-state index in [-0.39, 0.29) is 0 Å². The van der Waals surface area contributed by atoms with E-state index in [1.165, 1.54) is 11.1 Å². The highest BCUT2D eigenvalue weighted by Gasteiger charge is 1.96. The molecule has 102 valence electrons. The Kier molecular flexibility index (Phi) is 8.42. The first-order valence-electron chi connectivity index (χ1n) is 6.65. The van der Waals surface area contributed by atoms with Gasteiger partial charge in [-0.3, -0.25) is 0 Å². The molecule has 1 aromatic carbocycles.